The maximum atomic E-state index is 13.0. The van der Waals surface area contributed by atoms with E-state index in [2.05, 4.69) is 30.3 Å². The van der Waals surface area contributed by atoms with Gasteiger partial charge in [0.15, 0.2) is 11.6 Å². The maximum Gasteiger partial charge on any atom is 0.453 e. The Morgan fingerprint density at radius 3 is 2.40 bits per heavy atom. The molecule has 0 radical (unpaired) electrons. The Kier molecular flexibility index (Phi) is 5.73. The Balaban J connectivity index is 1.38. The molecule has 3 aromatic heterocycles. The highest BCUT2D eigenvalue weighted by Crippen LogP contribution is 2.29. The maximum absolute atomic E-state index is 13.0. The summed E-state index contributed by atoms with van der Waals surface area (Å²) in [4.78, 5) is 32.1. The van der Waals surface area contributed by atoms with Crippen molar-refractivity contribution in [2.24, 2.45) is 0 Å². The van der Waals surface area contributed by atoms with Crippen LogP contribution in [0.3, 0.4) is 0 Å². The largest absolute Gasteiger partial charge is 0.453 e. The number of alkyl halides is 3. The molecule has 0 aliphatic carbocycles. The number of aryl methyl sites for hydroxylation is 2. The van der Waals surface area contributed by atoms with E-state index in [0.29, 0.717) is 34.1 Å². The second kappa shape index (κ2) is 8.75. The van der Waals surface area contributed by atoms with Crippen LogP contribution in [0.25, 0.3) is 16.8 Å². The second-order valence-electron chi connectivity index (χ2n) is 8.53. The minimum atomic E-state index is -4.66. The van der Waals surface area contributed by atoms with E-state index in [1.54, 1.807) is 13.8 Å². The van der Waals surface area contributed by atoms with Crippen LogP contribution < -0.4 is 10.2 Å². The molecule has 0 atom stereocenters. The minimum Gasteiger partial charge on any atom is -0.354 e. The number of benzene rings is 1. The molecular formula is C23H23F3N8O. The number of nitrogens with zero attached hydrogens (tertiary/aromatic N) is 7. The SMILES string of the molecule is Cc1nc2nc(C(F)(F)F)nn2c(C)c1CCC(=O)Nc1nc2ccccc2nc1N1CCCC1. The van der Waals surface area contributed by atoms with Gasteiger partial charge in [-0.05, 0) is 50.8 Å². The number of halogens is 3. The number of para-hydroxylation sites is 2. The van der Waals surface area contributed by atoms with E-state index in [9.17, 15) is 18.0 Å². The van der Waals surface area contributed by atoms with Crippen molar-refractivity contribution in [3.63, 3.8) is 0 Å². The number of anilines is 2. The van der Waals surface area contributed by atoms with Crippen LogP contribution in [0, 0.1) is 13.8 Å². The zero-order valence-corrected chi connectivity index (χ0v) is 19.2. The molecule has 4 aromatic rings. The first-order valence-electron chi connectivity index (χ1n) is 11.3. The van der Waals surface area contributed by atoms with Gasteiger partial charge in [0, 0.05) is 30.9 Å². The standard InChI is InChI=1S/C23H23F3N8O/c1-13-15(14(2)34-22(27-13)31-21(32-34)23(24,25)26)9-10-18(35)30-19-20(33-11-5-6-12-33)29-17-8-4-3-7-16(17)28-19/h3-4,7-8H,5-6,9-12H2,1-2H3,(H,28,30,35). The molecule has 12 heteroatoms. The number of amides is 1. The monoisotopic (exact) mass is 484 g/mol. The molecule has 1 aliphatic rings. The summed E-state index contributed by atoms with van der Waals surface area (Å²) < 4.78 is 40.2. The molecule has 1 N–H and O–H groups in total. The molecule has 1 aliphatic heterocycles. The van der Waals surface area contributed by atoms with E-state index in [1.165, 1.54) is 0 Å². The summed E-state index contributed by atoms with van der Waals surface area (Å²) >= 11 is 0. The normalized spacial score (nSPS) is 14.3. The van der Waals surface area contributed by atoms with Crippen molar-refractivity contribution >= 4 is 34.4 Å². The van der Waals surface area contributed by atoms with Gasteiger partial charge in [-0.15, -0.1) is 5.10 Å². The first kappa shape index (κ1) is 22.9. The summed E-state index contributed by atoms with van der Waals surface area (Å²) in [5, 5.41) is 6.45. The summed E-state index contributed by atoms with van der Waals surface area (Å²) in [5.74, 6) is -0.589. The van der Waals surface area contributed by atoms with Gasteiger partial charge < -0.3 is 10.2 Å². The first-order valence-corrected chi connectivity index (χ1v) is 11.3. The van der Waals surface area contributed by atoms with Crippen molar-refractivity contribution in [3.05, 3.63) is 47.0 Å². The molecule has 1 aromatic carbocycles. The highest BCUT2D eigenvalue weighted by Gasteiger charge is 2.37. The number of carbonyl (C=O) groups is 1. The van der Waals surface area contributed by atoms with Gasteiger partial charge >= 0.3 is 6.18 Å². The van der Waals surface area contributed by atoms with Crippen LogP contribution in [0.4, 0.5) is 24.8 Å². The van der Waals surface area contributed by atoms with Gasteiger partial charge in [0.25, 0.3) is 11.6 Å². The van der Waals surface area contributed by atoms with Crippen LogP contribution in [0.15, 0.2) is 24.3 Å². The molecule has 1 saturated heterocycles. The lowest BCUT2D eigenvalue weighted by molar-refractivity contribution is -0.144. The summed E-state index contributed by atoms with van der Waals surface area (Å²) in [6.45, 7) is 5.02. The van der Waals surface area contributed by atoms with E-state index in [0.717, 1.165) is 36.0 Å². The Morgan fingerprint density at radius 2 is 1.71 bits per heavy atom. The van der Waals surface area contributed by atoms with Gasteiger partial charge in [0.1, 0.15) is 0 Å². The van der Waals surface area contributed by atoms with E-state index in [4.69, 9.17) is 4.98 Å². The van der Waals surface area contributed by atoms with Crippen molar-refractivity contribution in [3.8, 4) is 0 Å². The fourth-order valence-electron chi connectivity index (χ4n) is 4.35. The van der Waals surface area contributed by atoms with E-state index in [-0.39, 0.29) is 24.5 Å². The van der Waals surface area contributed by atoms with Crippen molar-refractivity contribution in [2.45, 2.75) is 45.7 Å². The molecule has 1 fully saturated rings. The minimum absolute atomic E-state index is 0.0869. The number of hydrogen-bond acceptors (Lipinski definition) is 7. The molecule has 9 nitrogen and oxygen atoms in total. The van der Waals surface area contributed by atoms with Gasteiger partial charge in [-0.3, -0.25) is 4.79 Å². The Labute approximate surface area is 198 Å². The van der Waals surface area contributed by atoms with E-state index < -0.39 is 12.0 Å². The van der Waals surface area contributed by atoms with Crippen LogP contribution in [-0.2, 0) is 17.4 Å². The van der Waals surface area contributed by atoms with Crippen molar-refractivity contribution in [1.29, 1.82) is 0 Å². The zero-order chi connectivity index (χ0) is 24.7. The third-order valence-electron chi connectivity index (χ3n) is 6.12. The van der Waals surface area contributed by atoms with Crippen LogP contribution >= 0.6 is 0 Å². The van der Waals surface area contributed by atoms with Gasteiger partial charge in [-0.2, -0.15) is 18.2 Å². The van der Waals surface area contributed by atoms with Gasteiger partial charge in [0.05, 0.1) is 11.0 Å². The summed E-state index contributed by atoms with van der Waals surface area (Å²) in [7, 11) is 0. The molecule has 0 bridgehead atoms. The first-order chi connectivity index (χ1) is 16.7. The Hall–Kier alpha value is -3.83. The number of rotatable bonds is 5. The van der Waals surface area contributed by atoms with E-state index in [1.807, 2.05) is 24.3 Å². The Bertz CT molecular complexity index is 1430. The molecule has 0 unspecified atom stereocenters. The number of hydrogen-bond donors (Lipinski definition) is 1. The lowest BCUT2D eigenvalue weighted by Gasteiger charge is -2.20. The lowest BCUT2D eigenvalue weighted by Crippen LogP contribution is -2.23. The fraction of sp³-hybridized carbons (Fsp3) is 0.391. The lowest BCUT2D eigenvalue weighted by atomic mass is 10.1. The van der Waals surface area contributed by atoms with Crippen LogP contribution in [-0.4, -0.2) is 48.5 Å². The number of fused-ring (bicyclic) bond motifs is 2. The average molecular weight is 484 g/mol. The fourth-order valence-corrected chi connectivity index (χ4v) is 4.35. The molecule has 1 amide bonds. The summed E-state index contributed by atoms with van der Waals surface area (Å²) in [6.07, 6.45) is -2.21. The number of carbonyl (C=O) groups excluding carboxylic acids is 1. The molecule has 5 rings (SSSR count). The van der Waals surface area contributed by atoms with Crippen molar-refractivity contribution in [1.82, 2.24) is 29.5 Å². The van der Waals surface area contributed by atoms with Gasteiger partial charge in [0.2, 0.25) is 5.91 Å². The zero-order valence-electron chi connectivity index (χ0n) is 19.2. The summed E-state index contributed by atoms with van der Waals surface area (Å²) in [5.41, 5.74) is 3.05. The third-order valence-corrected chi connectivity index (χ3v) is 6.12. The Morgan fingerprint density at radius 1 is 1.03 bits per heavy atom. The van der Waals surface area contributed by atoms with E-state index >= 15 is 0 Å². The highest BCUT2D eigenvalue weighted by molar-refractivity contribution is 5.94. The molecule has 35 heavy (non-hydrogen) atoms. The van der Waals surface area contributed by atoms with Crippen LogP contribution in [0.1, 0.15) is 42.0 Å². The topological polar surface area (TPSA) is 101 Å². The second-order valence-corrected chi connectivity index (χ2v) is 8.53. The van der Waals surface area contributed by atoms with Crippen LogP contribution in [0.5, 0.6) is 0 Å². The van der Waals surface area contributed by atoms with Gasteiger partial charge in [-0.25, -0.2) is 19.5 Å². The number of nitrogens with one attached hydrogen (secondary N) is 1. The number of aromatic nitrogens is 6. The molecule has 0 saturated carbocycles. The highest BCUT2D eigenvalue weighted by atomic mass is 19.4. The predicted octanol–water partition coefficient (Wildman–Crippen LogP) is 3.87. The van der Waals surface area contributed by atoms with Crippen molar-refractivity contribution < 1.29 is 18.0 Å². The molecule has 4 heterocycles. The molecular weight excluding hydrogens is 461 g/mol. The van der Waals surface area contributed by atoms with Crippen LogP contribution in [0.2, 0.25) is 0 Å². The molecule has 0 spiro atoms. The smallest absolute Gasteiger partial charge is 0.354 e. The third kappa shape index (κ3) is 4.47. The quantitative estimate of drug-likeness (QED) is 0.459. The summed E-state index contributed by atoms with van der Waals surface area (Å²) in [6, 6.07) is 7.48. The average Bonchev–Trinajstić information content (AvgIpc) is 3.48. The van der Waals surface area contributed by atoms with Crippen molar-refractivity contribution in [2.75, 3.05) is 23.3 Å². The van der Waals surface area contributed by atoms with Gasteiger partial charge in [-0.1, -0.05) is 12.1 Å². The predicted molar refractivity (Wildman–Crippen MR) is 123 cm³/mol. The molecule has 182 valence electrons.